The first-order valence-electron chi connectivity index (χ1n) is 11.0. The SMILES string of the molecule is CN[C@@H]1CCCC12CCN(c1ncc(Sc3cccn4cnnc34)c3nccn13)CC2. The molecule has 1 saturated heterocycles. The second kappa shape index (κ2) is 7.49. The average molecular weight is 435 g/mol. The molecule has 0 radical (unpaired) electrons. The maximum Gasteiger partial charge on any atom is 0.211 e. The fourth-order valence-electron chi connectivity index (χ4n) is 5.55. The summed E-state index contributed by atoms with van der Waals surface area (Å²) in [5.41, 5.74) is 2.25. The third-order valence-corrected chi connectivity index (χ3v) is 8.23. The molecule has 0 amide bonds. The summed E-state index contributed by atoms with van der Waals surface area (Å²) in [7, 11) is 2.12. The van der Waals surface area contributed by atoms with Gasteiger partial charge in [-0.15, -0.1) is 10.2 Å². The van der Waals surface area contributed by atoms with Gasteiger partial charge in [-0.05, 0) is 50.3 Å². The van der Waals surface area contributed by atoms with E-state index in [2.05, 4.69) is 42.9 Å². The molecule has 8 nitrogen and oxygen atoms in total. The van der Waals surface area contributed by atoms with Gasteiger partial charge in [0.05, 0.1) is 9.79 Å². The number of nitrogens with zero attached hydrogens (tertiary/aromatic N) is 7. The highest BCUT2D eigenvalue weighted by molar-refractivity contribution is 7.99. The predicted molar refractivity (Wildman–Crippen MR) is 121 cm³/mol. The molecule has 31 heavy (non-hydrogen) atoms. The van der Waals surface area contributed by atoms with E-state index in [1.165, 1.54) is 32.1 Å². The highest BCUT2D eigenvalue weighted by Crippen LogP contribution is 2.46. The molecule has 1 N–H and O–H groups in total. The maximum atomic E-state index is 4.89. The molecular formula is C22H26N8S. The van der Waals surface area contributed by atoms with Crippen molar-refractivity contribution in [2.24, 2.45) is 5.41 Å². The number of imidazole rings is 1. The van der Waals surface area contributed by atoms with Crippen molar-refractivity contribution in [3.8, 4) is 0 Å². The summed E-state index contributed by atoms with van der Waals surface area (Å²) in [6.07, 6.45) is 16.0. The Morgan fingerprint density at radius 2 is 2.00 bits per heavy atom. The zero-order valence-corrected chi connectivity index (χ0v) is 18.4. The fraction of sp³-hybridized carbons (Fsp3) is 0.455. The van der Waals surface area contributed by atoms with Crippen molar-refractivity contribution in [2.45, 2.75) is 47.9 Å². The molecule has 2 aliphatic rings. The number of anilines is 1. The van der Waals surface area contributed by atoms with Gasteiger partial charge >= 0.3 is 0 Å². The van der Waals surface area contributed by atoms with E-state index in [-0.39, 0.29) is 0 Å². The van der Waals surface area contributed by atoms with Gasteiger partial charge in [0.2, 0.25) is 5.95 Å². The Bertz CT molecular complexity index is 1220. The summed E-state index contributed by atoms with van der Waals surface area (Å²) in [6, 6.07) is 4.73. The summed E-state index contributed by atoms with van der Waals surface area (Å²) >= 11 is 1.63. The number of hydrogen-bond acceptors (Lipinski definition) is 7. The lowest BCUT2D eigenvalue weighted by Crippen LogP contribution is -2.48. The first kappa shape index (κ1) is 19.1. The number of fused-ring (bicyclic) bond motifs is 2. The van der Waals surface area contributed by atoms with Crippen LogP contribution in [0.4, 0.5) is 5.95 Å². The van der Waals surface area contributed by atoms with Crippen molar-refractivity contribution >= 4 is 29.0 Å². The molecule has 4 aromatic heterocycles. The highest BCUT2D eigenvalue weighted by Gasteiger charge is 2.44. The lowest BCUT2D eigenvalue weighted by Gasteiger charge is -2.43. The molecule has 0 bridgehead atoms. The van der Waals surface area contributed by atoms with E-state index in [0.717, 1.165) is 40.1 Å². The first-order chi connectivity index (χ1) is 15.3. The van der Waals surface area contributed by atoms with Gasteiger partial charge in [-0.1, -0.05) is 18.2 Å². The molecule has 1 aliphatic heterocycles. The summed E-state index contributed by atoms with van der Waals surface area (Å²) in [6.45, 7) is 2.09. The van der Waals surface area contributed by atoms with Gasteiger partial charge in [-0.3, -0.25) is 8.80 Å². The standard InChI is InChI=1S/C22H26N8S/c1-23-18-5-2-6-22(18)7-11-28(12-8-22)21-25-14-17(19-24-9-13-30(19)21)31-16-4-3-10-29-15-26-27-20(16)29/h3-4,9-10,13-15,18,23H,2,5-8,11-12H2,1H3/t18-/m1/s1. The van der Waals surface area contributed by atoms with Crippen molar-refractivity contribution < 1.29 is 0 Å². The van der Waals surface area contributed by atoms with Crippen LogP contribution >= 0.6 is 11.8 Å². The van der Waals surface area contributed by atoms with Crippen LogP contribution in [0.5, 0.6) is 0 Å². The fourth-order valence-corrected chi connectivity index (χ4v) is 6.52. The Kier molecular flexibility index (Phi) is 4.61. The Hall–Kier alpha value is -2.65. The molecule has 1 atom stereocenters. The highest BCUT2D eigenvalue weighted by atomic mass is 32.2. The van der Waals surface area contributed by atoms with E-state index in [1.54, 1.807) is 18.1 Å². The average Bonchev–Trinajstić information content (AvgIpc) is 3.55. The van der Waals surface area contributed by atoms with Gasteiger partial charge in [-0.2, -0.15) is 0 Å². The van der Waals surface area contributed by atoms with E-state index < -0.39 is 0 Å². The smallest absolute Gasteiger partial charge is 0.211 e. The van der Waals surface area contributed by atoms with Crippen LogP contribution in [0.15, 0.2) is 53.0 Å². The minimum Gasteiger partial charge on any atom is -0.342 e. The number of nitrogens with one attached hydrogen (secondary N) is 1. The monoisotopic (exact) mass is 434 g/mol. The predicted octanol–water partition coefficient (Wildman–Crippen LogP) is 3.28. The molecule has 160 valence electrons. The molecule has 1 saturated carbocycles. The van der Waals surface area contributed by atoms with Crippen LogP contribution in [0, 0.1) is 5.41 Å². The van der Waals surface area contributed by atoms with E-state index in [4.69, 9.17) is 4.98 Å². The van der Waals surface area contributed by atoms with E-state index in [1.807, 2.05) is 35.3 Å². The van der Waals surface area contributed by atoms with Crippen LogP contribution in [0.25, 0.3) is 11.3 Å². The van der Waals surface area contributed by atoms with Crippen LogP contribution in [-0.2, 0) is 0 Å². The van der Waals surface area contributed by atoms with Crippen LogP contribution in [0.3, 0.4) is 0 Å². The zero-order valence-electron chi connectivity index (χ0n) is 17.6. The Labute approximate surface area is 185 Å². The Morgan fingerprint density at radius 1 is 1.10 bits per heavy atom. The third kappa shape index (κ3) is 3.10. The summed E-state index contributed by atoms with van der Waals surface area (Å²) < 4.78 is 4.06. The van der Waals surface area contributed by atoms with Gasteiger partial charge in [-0.25, -0.2) is 9.97 Å². The van der Waals surface area contributed by atoms with E-state index in [9.17, 15) is 0 Å². The van der Waals surface area contributed by atoms with Gasteiger partial charge in [0.15, 0.2) is 11.3 Å². The third-order valence-electron chi connectivity index (χ3n) is 7.18. The van der Waals surface area contributed by atoms with Crippen molar-refractivity contribution in [3.05, 3.63) is 43.2 Å². The van der Waals surface area contributed by atoms with Crippen molar-refractivity contribution in [3.63, 3.8) is 0 Å². The largest absolute Gasteiger partial charge is 0.342 e. The lowest BCUT2D eigenvalue weighted by molar-refractivity contribution is 0.177. The molecule has 4 aromatic rings. The number of aromatic nitrogens is 6. The van der Waals surface area contributed by atoms with Gasteiger partial charge in [0, 0.05) is 43.9 Å². The number of piperidine rings is 1. The normalized spacial score (nSPS) is 20.9. The minimum absolute atomic E-state index is 0.464. The second-order valence-corrected chi connectivity index (χ2v) is 9.75. The van der Waals surface area contributed by atoms with Crippen molar-refractivity contribution in [2.75, 3.05) is 25.0 Å². The van der Waals surface area contributed by atoms with Gasteiger partial charge in [0.1, 0.15) is 6.33 Å². The summed E-state index contributed by atoms with van der Waals surface area (Å²) in [4.78, 5) is 14.0. The summed E-state index contributed by atoms with van der Waals surface area (Å²) in [5.74, 6) is 0.992. The molecular weight excluding hydrogens is 408 g/mol. The van der Waals surface area contributed by atoms with Crippen molar-refractivity contribution in [1.29, 1.82) is 0 Å². The van der Waals surface area contributed by atoms with Crippen LogP contribution in [0.2, 0.25) is 0 Å². The molecule has 1 aliphatic carbocycles. The Balaban J connectivity index is 1.28. The van der Waals surface area contributed by atoms with E-state index >= 15 is 0 Å². The zero-order chi connectivity index (χ0) is 20.8. The van der Waals surface area contributed by atoms with Crippen LogP contribution < -0.4 is 10.2 Å². The quantitative estimate of drug-likeness (QED) is 0.528. The minimum atomic E-state index is 0.464. The lowest BCUT2D eigenvalue weighted by atomic mass is 9.74. The molecule has 0 aromatic carbocycles. The molecule has 5 heterocycles. The van der Waals surface area contributed by atoms with Crippen LogP contribution in [0.1, 0.15) is 32.1 Å². The summed E-state index contributed by atoms with van der Waals surface area (Å²) in [5, 5.41) is 11.9. The molecule has 2 fully saturated rings. The van der Waals surface area contributed by atoms with E-state index in [0.29, 0.717) is 11.5 Å². The maximum absolute atomic E-state index is 4.89. The number of rotatable bonds is 4. The molecule has 6 rings (SSSR count). The molecule has 0 unspecified atom stereocenters. The first-order valence-corrected chi connectivity index (χ1v) is 11.8. The number of pyridine rings is 1. The molecule has 9 heteroatoms. The Morgan fingerprint density at radius 3 is 2.87 bits per heavy atom. The van der Waals surface area contributed by atoms with Gasteiger partial charge in [0.25, 0.3) is 0 Å². The topological polar surface area (TPSA) is 75.7 Å². The van der Waals surface area contributed by atoms with Crippen LogP contribution in [-0.4, -0.2) is 55.1 Å². The second-order valence-electron chi connectivity index (χ2n) is 8.66. The molecule has 1 spiro atoms. The number of hydrogen-bond donors (Lipinski definition) is 1. The van der Waals surface area contributed by atoms with Gasteiger partial charge < -0.3 is 10.2 Å². The van der Waals surface area contributed by atoms with Crippen molar-refractivity contribution in [1.82, 2.24) is 34.3 Å².